The Morgan fingerprint density at radius 1 is 1.16 bits per heavy atom. The van der Waals surface area contributed by atoms with Crippen LogP contribution >= 0.6 is 11.3 Å². The average molecular weight is 428 g/mol. The van der Waals surface area contributed by atoms with E-state index in [1.165, 1.54) is 5.56 Å². The number of carbonyl (C=O) groups is 1. The van der Waals surface area contributed by atoms with E-state index in [1.54, 1.807) is 17.6 Å². The Morgan fingerprint density at radius 3 is 2.65 bits per heavy atom. The van der Waals surface area contributed by atoms with Crippen LogP contribution in [0.1, 0.15) is 52.5 Å². The van der Waals surface area contributed by atoms with Crippen LogP contribution < -0.4 is 5.43 Å². The van der Waals surface area contributed by atoms with Gasteiger partial charge in [-0.05, 0) is 54.0 Å². The molecule has 2 aromatic carbocycles. The van der Waals surface area contributed by atoms with E-state index in [4.69, 9.17) is 4.98 Å². The van der Waals surface area contributed by atoms with Crippen LogP contribution in [0.25, 0.3) is 22.2 Å². The second kappa shape index (κ2) is 9.23. The Hall–Kier alpha value is -3.31. The van der Waals surface area contributed by atoms with Crippen LogP contribution in [0.5, 0.6) is 0 Å². The van der Waals surface area contributed by atoms with E-state index in [1.807, 2.05) is 48.7 Å². The summed E-state index contributed by atoms with van der Waals surface area (Å²) in [7, 11) is 0. The monoisotopic (exact) mass is 427 g/mol. The van der Waals surface area contributed by atoms with Gasteiger partial charge in [-0.1, -0.05) is 56.3 Å². The molecule has 4 aromatic rings. The topological polar surface area (TPSA) is 54.4 Å². The van der Waals surface area contributed by atoms with Crippen molar-refractivity contribution in [1.82, 2.24) is 10.4 Å². The van der Waals surface area contributed by atoms with Crippen LogP contribution in [0.4, 0.5) is 0 Å². The van der Waals surface area contributed by atoms with Gasteiger partial charge in [0.2, 0.25) is 0 Å². The van der Waals surface area contributed by atoms with Gasteiger partial charge in [0.05, 0.1) is 23.0 Å². The van der Waals surface area contributed by atoms with Gasteiger partial charge >= 0.3 is 0 Å². The first-order valence-corrected chi connectivity index (χ1v) is 11.3. The number of para-hydroxylation sites is 1. The summed E-state index contributed by atoms with van der Waals surface area (Å²) in [6, 6.07) is 20.0. The molecule has 1 atom stereocenters. The third-order valence-electron chi connectivity index (χ3n) is 5.60. The number of amides is 1. The summed E-state index contributed by atoms with van der Waals surface area (Å²) in [6.07, 6.45) is 2.79. The summed E-state index contributed by atoms with van der Waals surface area (Å²) in [4.78, 5) is 18.8. The molecule has 0 saturated heterocycles. The Morgan fingerprint density at radius 2 is 1.94 bits per heavy atom. The number of hydrogen-bond acceptors (Lipinski definition) is 4. The van der Waals surface area contributed by atoms with Gasteiger partial charge in [0, 0.05) is 15.8 Å². The average Bonchev–Trinajstić information content (AvgIpc) is 3.22. The predicted octanol–water partition coefficient (Wildman–Crippen LogP) is 6.55. The van der Waals surface area contributed by atoms with Crippen LogP contribution in [0, 0.1) is 6.92 Å². The Bertz CT molecular complexity index is 1240. The third kappa shape index (κ3) is 4.57. The van der Waals surface area contributed by atoms with Gasteiger partial charge in [-0.2, -0.15) is 5.10 Å². The van der Waals surface area contributed by atoms with Gasteiger partial charge in [-0.3, -0.25) is 4.79 Å². The van der Waals surface area contributed by atoms with Crippen molar-refractivity contribution >= 4 is 34.4 Å². The highest BCUT2D eigenvalue weighted by Gasteiger charge is 2.14. The molecular weight excluding hydrogens is 402 g/mol. The van der Waals surface area contributed by atoms with Gasteiger partial charge in [-0.15, -0.1) is 11.3 Å². The van der Waals surface area contributed by atoms with Gasteiger partial charge in [0.15, 0.2) is 0 Å². The standard InChI is InChI=1S/C26H25N3OS/c1-4-17(2)19-9-11-20(12-10-19)24-15-22(21-7-5-6-8-23(21)28-24)26(30)29-27-16-25-18(3)13-14-31-25/h5-17H,4H2,1-3H3,(H,29,30)/b27-16-. The third-order valence-corrected chi connectivity index (χ3v) is 6.55. The summed E-state index contributed by atoms with van der Waals surface area (Å²) in [5.74, 6) is 0.270. The minimum Gasteiger partial charge on any atom is -0.267 e. The molecule has 1 unspecified atom stereocenters. The zero-order valence-electron chi connectivity index (χ0n) is 17.9. The number of aromatic nitrogens is 1. The first-order chi connectivity index (χ1) is 15.1. The fraction of sp³-hybridized carbons (Fsp3) is 0.192. The molecule has 156 valence electrons. The van der Waals surface area contributed by atoms with Gasteiger partial charge in [0.1, 0.15) is 0 Å². The first-order valence-electron chi connectivity index (χ1n) is 10.4. The van der Waals surface area contributed by atoms with E-state index in [0.717, 1.165) is 39.0 Å². The van der Waals surface area contributed by atoms with Crippen molar-refractivity contribution in [2.24, 2.45) is 5.10 Å². The van der Waals surface area contributed by atoms with Crippen molar-refractivity contribution in [3.05, 3.63) is 87.6 Å². The van der Waals surface area contributed by atoms with Crippen LogP contribution in [0.2, 0.25) is 0 Å². The lowest BCUT2D eigenvalue weighted by Crippen LogP contribution is -2.18. The Balaban J connectivity index is 1.67. The molecule has 0 fully saturated rings. The van der Waals surface area contributed by atoms with Crippen LogP contribution in [0.3, 0.4) is 0 Å². The highest BCUT2D eigenvalue weighted by Crippen LogP contribution is 2.27. The largest absolute Gasteiger partial charge is 0.272 e. The zero-order valence-corrected chi connectivity index (χ0v) is 18.7. The minimum absolute atomic E-state index is 0.249. The summed E-state index contributed by atoms with van der Waals surface area (Å²) in [5, 5.41) is 6.98. The number of thiophene rings is 1. The van der Waals surface area contributed by atoms with Crippen molar-refractivity contribution in [3.8, 4) is 11.3 Å². The number of benzene rings is 2. The molecule has 4 rings (SSSR count). The SMILES string of the molecule is CCC(C)c1ccc(-c2cc(C(=O)N/N=C\c3sccc3C)c3ccccc3n2)cc1. The molecule has 0 aliphatic rings. The molecule has 31 heavy (non-hydrogen) atoms. The molecule has 2 heterocycles. The van der Waals surface area contributed by atoms with Crippen molar-refractivity contribution < 1.29 is 4.79 Å². The summed E-state index contributed by atoms with van der Waals surface area (Å²) < 4.78 is 0. The molecule has 0 radical (unpaired) electrons. The quantitative estimate of drug-likeness (QED) is 0.280. The van der Waals surface area contributed by atoms with Crippen molar-refractivity contribution in [2.45, 2.75) is 33.1 Å². The molecule has 2 aromatic heterocycles. The predicted molar refractivity (Wildman–Crippen MR) is 130 cm³/mol. The fourth-order valence-electron chi connectivity index (χ4n) is 3.46. The highest BCUT2D eigenvalue weighted by molar-refractivity contribution is 7.11. The van der Waals surface area contributed by atoms with Crippen LogP contribution in [-0.2, 0) is 0 Å². The summed E-state index contributed by atoms with van der Waals surface area (Å²) >= 11 is 1.59. The number of fused-ring (bicyclic) bond motifs is 1. The van der Waals surface area contributed by atoms with E-state index in [-0.39, 0.29) is 5.91 Å². The van der Waals surface area contributed by atoms with Gasteiger partial charge in [-0.25, -0.2) is 10.4 Å². The lowest BCUT2D eigenvalue weighted by Gasteiger charge is -2.11. The maximum absolute atomic E-state index is 13.0. The highest BCUT2D eigenvalue weighted by atomic mass is 32.1. The molecule has 4 nitrogen and oxygen atoms in total. The van der Waals surface area contributed by atoms with E-state index in [2.05, 4.69) is 48.6 Å². The second-order valence-electron chi connectivity index (χ2n) is 7.67. The van der Waals surface area contributed by atoms with Crippen molar-refractivity contribution in [3.63, 3.8) is 0 Å². The van der Waals surface area contributed by atoms with Crippen LogP contribution in [0.15, 0.2) is 71.1 Å². The maximum Gasteiger partial charge on any atom is 0.272 e. The van der Waals surface area contributed by atoms with E-state index < -0.39 is 0 Å². The Kier molecular flexibility index (Phi) is 6.23. The molecule has 5 heteroatoms. The molecule has 0 aliphatic carbocycles. The van der Waals surface area contributed by atoms with Gasteiger partial charge < -0.3 is 0 Å². The fourth-order valence-corrected chi connectivity index (χ4v) is 4.24. The number of aryl methyl sites for hydroxylation is 1. The second-order valence-corrected chi connectivity index (χ2v) is 8.62. The number of hydrogen-bond donors (Lipinski definition) is 1. The number of rotatable bonds is 6. The van der Waals surface area contributed by atoms with E-state index in [9.17, 15) is 4.79 Å². The van der Waals surface area contributed by atoms with Crippen LogP contribution in [-0.4, -0.2) is 17.1 Å². The Labute approximate surface area is 186 Å². The first kappa shape index (κ1) is 20.9. The molecule has 1 N–H and O–H groups in total. The maximum atomic E-state index is 13.0. The lowest BCUT2D eigenvalue weighted by molar-refractivity contribution is 0.0956. The van der Waals surface area contributed by atoms with E-state index >= 15 is 0 Å². The van der Waals surface area contributed by atoms with Gasteiger partial charge in [0.25, 0.3) is 5.91 Å². The minimum atomic E-state index is -0.249. The van der Waals surface area contributed by atoms with Crippen molar-refractivity contribution in [1.29, 1.82) is 0 Å². The summed E-state index contributed by atoms with van der Waals surface area (Å²) in [6.45, 7) is 6.44. The molecular formula is C26H25N3OS. The number of hydrazone groups is 1. The smallest absolute Gasteiger partial charge is 0.267 e. The van der Waals surface area contributed by atoms with Crippen molar-refractivity contribution in [2.75, 3.05) is 0 Å². The zero-order chi connectivity index (χ0) is 21.8. The normalized spacial score (nSPS) is 12.4. The molecule has 0 bridgehead atoms. The molecule has 0 spiro atoms. The number of pyridine rings is 1. The number of carbonyl (C=O) groups excluding carboxylic acids is 1. The molecule has 0 aliphatic heterocycles. The number of nitrogens with zero attached hydrogens (tertiary/aromatic N) is 2. The number of nitrogens with one attached hydrogen (secondary N) is 1. The molecule has 1 amide bonds. The summed E-state index contributed by atoms with van der Waals surface area (Å²) in [5.41, 5.74) is 8.24. The lowest BCUT2D eigenvalue weighted by atomic mass is 9.96. The van der Waals surface area contributed by atoms with E-state index in [0.29, 0.717) is 11.5 Å². The molecule has 0 saturated carbocycles.